The molecule has 0 radical (unpaired) electrons. The third-order valence-electron chi connectivity index (χ3n) is 7.20. The molecule has 2 heteroatoms. The number of hydrogen-bond donors (Lipinski definition) is 0. The van der Waals surface area contributed by atoms with Gasteiger partial charge in [0.1, 0.15) is 0 Å². The Bertz CT molecular complexity index is 1180. The summed E-state index contributed by atoms with van der Waals surface area (Å²) in [4.78, 5) is 2.64. The largest absolute Gasteiger partial charge is 0.115 e. The monoisotopic (exact) mass is 496 g/mol. The van der Waals surface area contributed by atoms with Gasteiger partial charge in [0.2, 0.25) is 0 Å². The molecule has 0 saturated heterocycles. The lowest BCUT2D eigenvalue weighted by Crippen LogP contribution is -2.19. The predicted octanol–water partition coefficient (Wildman–Crippen LogP) is 10.6. The second-order valence-electron chi connectivity index (χ2n) is 9.27. The Morgan fingerprint density at radius 1 is 0.486 bits per heavy atom. The maximum Gasteiger partial charge on any atom is 0.0450 e. The highest BCUT2D eigenvalue weighted by molar-refractivity contribution is 8.00. The van der Waals surface area contributed by atoms with E-state index >= 15 is 0 Å². The van der Waals surface area contributed by atoms with Gasteiger partial charge in [0.25, 0.3) is 0 Å². The van der Waals surface area contributed by atoms with E-state index in [1.807, 2.05) is 23.5 Å². The summed E-state index contributed by atoms with van der Waals surface area (Å²) in [5, 5.41) is 0. The predicted molar refractivity (Wildman–Crippen MR) is 156 cm³/mol. The minimum atomic E-state index is 0.0749. The van der Waals surface area contributed by atoms with Gasteiger partial charge in [-0.2, -0.15) is 0 Å². The van der Waals surface area contributed by atoms with Gasteiger partial charge < -0.3 is 0 Å². The van der Waals surface area contributed by atoms with Crippen LogP contribution in [-0.4, -0.2) is 0 Å². The SMILES string of the molecule is CCC(C)(Sc1ccc(-c2ccc(SC(CC)(CC)c3ccccc3)cc2)cc1)c1ccccc1. The Kier molecular flexibility index (Phi) is 8.46. The Balaban J connectivity index is 1.49. The zero-order valence-electron chi connectivity index (χ0n) is 21.3. The minimum absolute atomic E-state index is 0.0749. The first kappa shape index (κ1) is 25.7. The van der Waals surface area contributed by atoms with Gasteiger partial charge in [0.15, 0.2) is 0 Å². The second-order valence-corrected chi connectivity index (χ2v) is 12.3. The molecule has 0 aliphatic heterocycles. The van der Waals surface area contributed by atoms with E-state index in [4.69, 9.17) is 0 Å². The van der Waals surface area contributed by atoms with Crippen LogP contribution in [0.25, 0.3) is 11.1 Å². The van der Waals surface area contributed by atoms with Crippen LogP contribution in [0.5, 0.6) is 0 Å². The van der Waals surface area contributed by atoms with E-state index in [-0.39, 0.29) is 9.49 Å². The molecule has 0 bridgehead atoms. The molecule has 1 atom stereocenters. The first-order valence-electron chi connectivity index (χ1n) is 12.7. The van der Waals surface area contributed by atoms with E-state index in [0.29, 0.717) is 0 Å². The van der Waals surface area contributed by atoms with Gasteiger partial charge in [-0.25, -0.2) is 0 Å². The number of rotatable bonds is 10. The quantitative estimate of drug-likeness (QED) is 0.200. The molecule has 4 aromatic rings. The third kappa shape index (κ3) is 5.88. The van der Waals surface area contributed by atoms with Gasteiger partial charge in [0, 0.05) is 19.3 Å². The molecule has 0 aliphatic carbocycles. The highest BCUT2D eigenvalue weighted by Crippen LogP contribution is 2.47. The Morgan fingerprint density at radius 2 is 0.914 bits per heavy atom. The maximum atomic E-state index is 2.35. The minimum Gasteiger partial charge on any atom is -0.115 e. The molecule has 4 aromatic carbocycles. The first-order chi connectivity index (χ1) is 17.0. The lowest BCUT2D eigenvalue weighted by atomic mass is 9.93. The summed E-state index contributed by atoms with van der Waals surface area (Å²) in [6, 6.07) is 40.0. The summed E-state index contributed by atoms with van der Waals surface area (Å²) in [5.41, 5.74) is 5.34. The van der Waals surface area contributed by atoms with Crippen LogP contribution < -0.4 is 0 Å². The van der Waals surface area contributed by atoms with Crippen molar-refractivity contribution in [1.29, 1.82) is 0 Å². The lowest BCUT2D eigenvalue weighted by Gasteiger charge is -2.32. The van der Waals surface area contributed by atoms with E-state index in [1.165, 1.54) is 32.0 Å². The molecule has 35 heavy (non-hydrogen) atoms. The summed E-state index contributed by atoms with van der Waals surface area (Å²) in [5.74, 6) is 0. The molecule has 0 amide bonds. The van der Waals surface area contributed by atoms with Crippen LogP contribution in [0.4, 0.5) is 0 Å². The Hall–Kier alpha value is -2.42. The van der Waals surface area contributed by atoms with E-state index in [9.17, 15) is 0 Å². The van der Waals surface area contributed by atoms with Crippen molar-refractivity contribution in [3.8, 4) is 11.1 Å². The van der Waals surface area contributed by atoms with Gasteiger partial charge in [0.05, 0.1) is 0 Å². The molecule has 4 rings (SSSR count). The molecular weight excluding hydrogens is 460 g/mol. The second kappa shape index (κ2) is 11.5. The summed E-state index contributed by atoms with van der Waals surface area (Å²) in [6.07, 6.45) is 3.31. The van der Waals surface area contributed by atoms with Crippen molar-refractivity contribution in [3.63, 3.8) is 0 Å². The molecule has 0 N–H and O–H groups in total. The van der Waals surface area contributed by atoms with Crippen molar-refractivity contribution >= 4 is 23.5 Å². The Morgan fingerprint density at radius 3 is 1.34 bits per heavy atom. The lowest BCUT2D eigenvalue weighted by molar-refractivity contribution is 0.579. The van der Waals surface area contributed by atoms with Crippen molar-refractivity contribution in [2.75, 3.05) is 0 Å². The molecule has 0 heterocycles. The normalized spacial score (nSPS) is 13.4. The van der Waals surface area contributed by atoms with Crippen LogP contribution in [0.2, 0.25) is 0 Å². The van der Waals surface area contributed by atoms with Crippen molar-refractivity contribution in [2.45, 2.75) is 66.2 Å². The highest BCUT2D eigenvalue weighted by atomic mass is 32.2. The van der Waals surface area contributed by atoms with Gasteiger partial charge in [-0.3, -0.25) is 0 Å². The molecule has 0 nitrogen and oxygen atoms in total. The third-order valence-corrected chi connectivity index (χ3v) is 10.4. The average Bonchev–Trinajstić information content (AvgIpc) is 2.93. The smallest absolute Gasteiger partial charge is 0.0450 e. The van der Waals surface area contributed by atoms with Crippen molar-refractivity contribution in [3.05, 3.63) is 120 Å². The van der Waals surface area contributed by atoms with Crippen molar-refractivity contribution < 1.29 is 0 Å². The van der Waals surface area contributed by atoms with Gasteiger partial charge in [-0.15, -0.1) is 23.5 Å². The summed E-state index contributed by atoms with van der Waals surface area (Å²) < 4.78 is 0.192. The molecule has 0 fully saturated rings. The van der Waals surface area contributed by atoms with Gasteiger partial charge >= 0.3 is 0 Å². The van der Waals surface area contributed by atoms with E-state index in [1.54, 1.807) is 0 Å². The molecule has 0 aromatic heterocycles. The zero-order chi connectivity index (χ0) is 24.7. The fraction of sp³-hybridized carbons (Fsp3) is 0.273. The fourth-order valence-electron chi connectivity index (χ4n) is 4.65. The van der Waals surface area contributed by atoms with Crippen LogP contribution in [0.15, 0.2) is 119 Å². The summed E-state index contributed by atoms with van der Waals surface area (Å²) in [7, 11) is 0. The molecule has 0 aliphatic rings. The summed E-state index contributed by atoms with van der Waals surface area (Å²) >= 11 is 3.96. The van der Waals surface area contributed by atoms with Crippen LogP contribution in [0.3, 0.4) is 0 Å². The fourth-order valence-corrected chi connectivity index (χ4v) is 7.10. The van der Waals surface area contributed by atoms with Crippen LogP contribution in [0.1, 0.15) is 58.1 Å². The van der Waals surface area contributed by atoms with Gasteiger partial charge in [-0.1, -0.05) is 106 Å². The zero-order valence-corrected chi connectivity index (χ0v) is 23.0. The standard InChI is InChI=1S/C33H36S2/c1-5-32(4,28-14-10-8-11-15-28)34-30-22-18-26(19-23-30)27-20-24-31(25-21-27)35-33(6-2,7-3)29-16-12-9-13-17-29/h8-25H,5-7H2,1-4H3. The molecule has 0 spiro atoms. The molecular formula is C33H36S2. The number of benzene rings is 4. The van der Waals surface area contributed by atoms with Crippen LogP contribution in [-0.2, 0) is 9.49 Å². The number of thioether (sulfide) groups is 2. The molecule has 0 saturated carbocycles. The van der Waals surface area contributed by atoms with Crippen molar-refractivity contribution in [1.82, 2.24) is 0 Å². The Labute approximate surface area is 220 Å². The number of hydrogen-bond acceptors (Lipinski definition) is 2. The van der Waals surface area contributed by atoms with Crippen LogP contribution >= 0.6 is 23.5 Å². The first-order valence-corrected chi connectivity index (χ1v) is 14.3. The van der Waals surface area contributed by atoms with E-state index < -0.39 is 0 Å². The molecule has 180 valence electrons. The topological polar surface area (TPSA) is 0 Å². The van der Waals surface area contributed by atoms with E-state index in [0.717, 1.165) is 19.3 Å². The van der Waals surface area contributed by atoms with E-state index in [2.05, 4.69) is 137 Å². The molecule has 1 unspecified atom stereocenters. The average molecular weight is 497 g/mol. The summed E-state index contributed by atoms with van der Waals surface area (Å²) in [6.45, 7) is 9.23. The van der Waals surface area contributed by atoms with Crippen molar-refractivity contribution in [2.24, 2.45) is 0 Å². The van der Waals surface area contributed by atoms with Gasteiger partial charge in [-0.05, 0) is 72.7 Å². The maximum absolute atomic E-state index is 2.35. The highest BCUT2D eigenvalue weighted by Gasteiger charge is 2.29. The van der Waals surface area contributed by atoms with Crippen LogP contribution in [0, 0.1) is 0 Å².